The molecule has 0 spiro atoms. The van der Waals surface area contributed by atoms with Crippen LogP contribution in [0.4, 0.5) is 5.69 Å². The number of halogens is 1. The highest BCUT2D eigenvalue weighted by Gasteiger charge is 2.16. The van der Waals surface area contributed by atoms with Gasteiger partial charge in [0, 0.05) is 26.9 Å². The van der Waals surface area contributed by atoms with Crippen LogP contribution in [0.25, 0.3) is 33.1 Å². The Labute approximate surface area is 172 Å². The molecule has 5 aromatic rings. The van der Waals surface area contributed by atoms with Gasteiger partial charge in [-0.05, 0) is 42.0 Å². The number of para-hydroxylation sites is 1. The molecule has 0 aliphatic rings. The van der Waals surface area contributed by atoms with Crippen LogP contribution in [-0.4, -0.2) is 5.91 Å². The normalized spacial score (nSPS) is 11.1. The predicted octanol–water partition coefficient (Wildman–Crippen LogP) is 7.16. The maximum atomic E-state index is 12.8. The van der Waals surface area contributed by atoms with Crippen LogP contribution in [0, 0.1) is 0 Å². The van der Waals surface area contributed by atoms with Crippen LogP contribution in [0.15, 0.2) is 95.4 Å². The standard InChI is InChI=1S/C25H16ClNO2/c26-17-13-14-18(21(15-17)27-25(28)16-7-2-1-3-8-16)19-10-6-12-23-24(19)20-9-4-5-11-22(20)29-23/h1-15H,(H,27,28). The van der Waals surface area contributed by atoms with E-state index in [2.05, 4.69) is 5.32 Å². The number of carbonyl (C=O) groups is 1. The summed E-state index contributed by atoms with van der Waals surface area (Å²) in [7, 11) is 0. The van der Waals surface area contributed by atoms with Crippen molar-refractivity contribution >= 4 is 45.1 Å². The van der Waals surface area contributed by atoms with Crippen molar-refractivity contribution in [3.05, 3.63) is 102 Å². The van der Waals surface area contributed by atoms with Gasteiger partial charge in [-0.1, -0.05) is 66.2 Å². The topological polar surface area (TPSA) is 42.2 Å². The monoisotopic (exact) mass is 397 g/mol. The second kappa shape index (κ2) is 7.12. The number of hydrogen-bond acceptors (Lipinski definition) is 2. The Hall–Kier alpha value is -3.56. The number of rotatable bonds is 3. The smallest absolute Gasteiger partial charge is 0.255 e. The average Bonchev–Trinajstić information content (AvgIpc) is 3.13. The lowest BCUT2D eigenvalue weighted by molar-refractivity contribution is 0.102. The summed E-state index contributed by atoms with van der Waals surface area (Å²) in [4.78, 5) is 12.8. The molecule has 0 saturated heterocycles. The minimum absolute atomic E-state index is 0.182. The predicted molar refractivity (Wildman–Crippen MR) is 119 cm³/mol. The molecule has 0 atom stereocenters. The molecule has 1 N–H and O–H groups in total. The summed E-state index contributed by atoms with van der Waals surface area (Å²) < 4.78 is 6.02. The Bertz CT molecular complexity index is 1360. The molecule has 4 heteroatoms. The molecular weight excluding hydrogens is 382 g/mol. The molecule has 140 valence electrons. The van der Waals surface area contributed by atoms with E-state index >= 15 is 0 Å². The zero-order valence-corrected chi connectivity index (χ0v) is 16.1. The number of amides is 1. The third-order valence-electron chi connectivity index (χ3n) is 4.96. The number of furan rings is 1. The van der Waals surface area contributed by atoms with Crippen LogP contribution in [0.2, 0.25) is 5.02 Å². The van der Waals surface area contributed by atoms with E-state index in [0.29, 0.717) is 16.3 Å². The van der Waals surface area contributed by atoms with Gasteiger partial charge in [0.2, 0.25) is 0 Å². The highest BCUT2D eigenvalue weighted by molar-refractivity contribution is 6.31. The second-order valence-electron chi connectivity index (χ2n) is 6.79. The van der Waals surface area contributed by atoms with Crippen LogP contribution >= 0.6 is 11.6 Å². The van der Waals surface area contributed by atoms with E-state index in [1.54, 1.807) is 18.2 Å². The molecule has 0 unspecified atom stereocenters. The molecule has 1 heterocycles. The summed E-state index contributed by atoms with van der Waals surface area (Å²) in [6.07, 6.45) is 0. The van der Waals surface area contributed by atoms with Crippen LogP contribution < -0.4 is 5.32 Å². The van der Waals surface area contributed by atoms with Gasteiger partial charge in [0.25, 0.3) is 5.91 Å². The third-order valence-corrected chi connectivity index (χ3v) is 5.19. The van der Waals surface area contributed by atoms with E-state index in [9.17, 15) is 4.79 Å². The SMILES string of the molecule is O=C(Nc1cc(Cl)ccc1-c1cccc2oc3ccccc3c12)c1ccccc1. The summed E-state index contributed by atoms with van der Waals surface area (Å²) in [5.74, 6) is -0.182. The zero-order valence-electron chi connectivity index (χ0n) is 15.4. The lowest BCUT2D eigenvalue weighted by Gasteiger charge is -2.13. The molecule has 0 radical (unpaired) electrons. The van der Waals surface area contributed by atoms with Gasteiger partial charge in [-0.3, -0.25) is 4.79 Å². The van der Waals surface area contributed by atoms with Crippen molar-refractivity contribution in [3.63, 3.8) is 0 Å². The van der Waals surface area contributed by atoms with Gasteiger partial charge in [0.1, 0.15) is 11.2 Å². The van der Waals surface area contributed by atoms with Crippen LogP contribution in [0.3, 0.4) is 0 Å². The zero-order chi connectivity index (χ0) is 19.8. The van der Waals surface area contributed by atoms with E-state index in [-0.39, 0.29) is 5.91 Å². The number of carbonyl (C=O) groups excluding carboxylic acids is 1. The number of benzene rings is 4. The van der Waals surface area contributed by atoms with Gasteiger partial charge in [-0.15, -0.1) is 0 Å². The fourth-order valence-electron chi connectivity index (χ4n) is 3.64. The van der Waals surface area contributed by atoms with Gasteiger partial charge in [-0.25, -0.2) is 0 Å². The van der Waals surface area contributed by atoms with Gasteiger partial charge in [0.05, 0.1) is 5.69 Å². The molecule has 0 aliphatic carbocycles. The van der Waals surface area contributed by atoms with Crippen molar-refractivity contribution in [2.75, 3.05) is 5.32 Å². The first-order chi connectivity index (χ1) is 14.2. The van der Waals surface area contributed by atoms with Crippen molar-refractivity contribution in [2.45, 2.75) is 0 Å². The quantitative estimate of drug-likeness (QED) is 0.351. The van der Waals surface area contributed by atoms with Crippen molar-refractivity contribution in [1.29, 1.82) is 0 Å². The maximum Gasteiger partial charge on any atom is 0.255 e. The first-order valence-corrected chi connectivity index (χ1v) is 9.65. The van der Waals surface area contributed by atoms with E-state index in [1.807, 2.05) is 72.8 Å². The first-order valence-electron chi connectivity index (χ1n) is 9.27. The van der Waals surface area contributed by atoms with E-state index in [4.69, 9.17) is 16.0 Å². The molecule has 1 amide bonds. The molecule has 0 fully saturated rings. The second-order valence-corrected chi connectivity index (χ2v) is 7.22. The lowest BCUT2D eigenvalue weighted by Crippen LogP contribution is -2.12. The van der Waals surface area contributed by atoms with E-state index in [0.717, 1.165) is 33.1 Å². The van der Waals surface area contributed by atoms with Crippen molar-refractivity contribution in [3.8, 4) is 11.1 Å². The number of hydrogen-bond donors (Lipinski definition) is 1. The molecule has 0 aliphatic heterocycles. The largest absolute Gasteiger partial charge is 0.456 e. The summed E-state index contributed by atoms with van der Waals surface area (Å²) in [6, 6.07) is 28.6. The van der Waals surface area contributed by atoms with E-state index < -0.39 is 0 Å². The molecule has 0 bridgehead atoms. The fraction of sp³-hybridized carbons (Fsp3) is 0. The third kappa shape index (κ3) is 3.16. The number of nitrogens with one attached hydrogen (secondary N) is 1. The van der Waals surface area contributed by atoms with Gasteiger partial charge >= 0.3 is 0 Å². The summed E-state index contributed by atoms with van der Waals surface area (Å²) in [5, 5.41) is 5.62. The van der Waals surface area contributed by atoms with Crippen molar-refractivity contribution < 1.29 is 9.21 Å². The van der Waals surface area contributed by atoms with Crippen LogP contribution in [-0.2, 0) is 0 Å². The molecular formula is C25H16ClNO2. The maximum absolute atomic E-state index is 12.8. The molecule has 1 aromatic heterocycles. The van der Waals surface area contributed by atoms with Crippen molar-refractivity contribution in [1.82, 2.24) is 0 Å². The highest BCUT2D eigenvalue weighted by atomic mass is 35.5. The molecule has 0 saturated carbocycles. The average molecular weight is 398 g/mol. The van der Waals surface area contributed by atoms with Gasteiger partial charge in [-0.2, -0.15) is 0 Å². The van der Waals surface area contributed by atoms with Crippen LogP contribution in [0.1, 0.15) is 10.4 Å². The Morgan fingerprint density at radius 2 is 1.52 bits per heavy atom. The molecule has 5 rings (SSSR count). The minimum Gasteiger partial charge on any atom is -0.456 e. The van der Waals surface area contributed by atoms with Crippen LogP contribution in [0.5, 0.6) is 0 Å². The Morgan fingerprint density at radius 3 is 2.38 bits per heavy atom. The minimum atomic E-state index is -0.182. The molecule has 29 heavy (non-hydrogen) atoms. The van der Waals surface area contributed by atoms with E-state index in [1.165, 1.54) is 0 Å². The Morgan fingerprint density at radius 1 is 0.759 bits per heavy atom. The highest BCUT2D eigenvalue weighted by Crippen LogP contribution is 2.40. The van der Waals surface area contributed by atoms with Crippen molar-refractivity contribution in [2.24, 2.45) is 0 Å². The summed E-state index contributed by atoms with van der Waals surface area (Å²) in [6.45, 7) is 0. The number of fused-ring (bicyclic) bond motifs is 3. The Kier molecular flexibility index (Phi) is 4.30. The molecule has 4 aromatic carbocycles. The lowest BCUT2D eigenvalue weighted by atomic mass is 9.98. The molecule has 3 nitrogen and oxygen atoms in total. The fourth-order valence-corrected chi connectivity index (χ4v) is 3.81. The summed E-state index contributed by atoms with van der Waals surface area (Å²) >= 11 is 6.26. The summed E-state index contributed by atoms with van der Waals surface area (Å²) in [5.41, 5.74) is 4.75. The van der Waals surface area contributed by atoms with Gasteiger partial charge < -0.3 is 9.73 Å². The Balaban J connectivity index is 1.69. The number of anilines is 1. The first kappa shape index (κ1) is 17.5. The van der Waals surface area contributed by atoms with Gasteiger partial charge in [0.15, 0.2) is 0 Å².